The molecule has 8 heteroatoms. The van der Waals surface area contributed by atoms with Crippen molar-refractivity contribution in [3.63, 3.8) is 0 Å². The van der Waals surface area contributed by atoms with Gasteiger partial charge < -0.3 is 20.9 Å². The molecular weight excluding hydrogens is 388 g/mol. The molecular formula is C17H19BrN4O3. The van der Waals surface area contributed by atoms with Crippen LogP contribution >= 0.6 is 15.9 Å². The van der Waals surface area contributed by atoms with E-state index in [1.807, 2.05) is 0 Å². The van der Waals surface area contributed by atoms with Gasteiger partial charge in [-0.25, -0.2) is 4.79 Å². The van der Waals surface area contributed by atoms with Crippen LogP contribution in [0.15, 0.2) is 35.3 Å². The molecule has 2 unspecified atom stereocenters. The Balaban J connectivity index is 1.76. The van der Waals surface area contributed by atoms with Gasteiger partial charge in [-0.1, -0.05) is 22.0 Å². The summed E-state index contributed by atoms with van der Waals surface area (Å²) in [5, 5.41) is 8.32. The molecule has 3 N–H and O–H groups in total. The lowest BCUT2D eigenvalue weighted by atomic mass is 9.96. The van der Waals surface area contributed by atoms with E-state index < -0.39 is 6.04 Å². The van der Waals surface area contributed by atoms with E-state index in [1.165, 1.54) is 0 Å². The number of nitrogens with one attached hydrogen (secondary N) is 3. The molecule has 2 atom stereocenters. The van der Waals surface area contributed by atoms with Gasteiger partial charge in [0.2, 0.25) is 5.91 Å². The largest absolute Gasteiger partial charge is 0.335 e. The number of rotatable bonds is 3. The maximum Gasteiger partial charge on any atom is 0.315 e. The average Bonchev–Trinajstić information content (AvgIpc) is 2.69. The Morgan fingerprint density at radius 2 is 2.24 bits per heavy atom. The molecule has 2 aliphatic rings. The zero-order chi connectivity index (χ0) is 18.0. The molecule has 1 aromatic carbocycles. The Bertz CT molecular complexity index is 737. The van der Waals surface area contributed by atoms with Crippen LogP contribution in [-0.4, -0.2) is 47.9 Å². The van der Waals surface area contributed by atoms with Gasteiger partial charge in [-0.15, -0.1) is 6.58 Å². The number of urea groups is 1. The highest BCUT2D eigenvalue weighted by molar-refractivity contribution is 9.10. The highest BCUT2D eigenvalue weighted by Crippen LogP contribution is 2.30. The smallest absolute Gasteiger partial charge is 0.315 e. The van der Waals surface area contributed by atoms with Gasteiger partial charge >= 0.3 is 6.03 Å². The zero-order valence-electron chi connectivity index (χ0n) is 13.5. The Morgan fingerprint density at radius 3 is 3.00 bits per heavy atom. The normalized spacial score (nSPS) is 22.2. The summed E-state index contributed by atoms with van der Waals surface area (Å²) in [4.78, 5) is 38.8. The van der Waals surface area contributed by atoms with Crippen LogP contribution in [0.4, 0.5) is 10.5 Å². The van der Waals surface area contributed by atoms with Gasteiger partial charge in [-0.3, -0.25) is 9.59 Å². The third kappa shape index (κ3) is 3.68. The van der Waals surface area contributed by atoms with Crippen molar-refractivity contribution in [1.29, 1.82) is 0 Å². The Hall–Kier alpha value is -2.35. The molecule has 1 fully saturated rings. The first-order valence-corrected chi connectivity index (χ1v) is 8.85. The van der Waals surface area contributed by atoms with Crippen LogP contribution in [0.3, 0.4) is 0 Å². The van der Waals surface area contributed by atoms with Crippen molar-refractivity contribution >= 4 is 39.5 Å². The SMILES string of the molecule is C=CCNC(=O)NC1CCN2C(=O)c3cc(Br)ccc3NC(=O)C2C1. The third-order valence-electron chi connectivity index (χ3n) is 4.38. The topological polar surface area (TPSA) is 90.5 Å². The second-order valence-electron chi connectivity index (χ2n) is 6.06. The van der Waals surface area contributed by atoms with Crippen LogP contribution in [0.1, 0.15) is 23.2 Å². The first-order chi connectivity index (χ1) is 12.0. The van der Waals surface area contributed by atoms with E-state index in [9.17, 15) is 14.4 Å². The number of hydrogen-bond acceptors (Lipinski definition) is 3. The Labute approximate surface area is 154 Å². The lowest BCUT2D eigenvalue weighted by Gasteiger charge is -2.37. The van der Waals surface area contributed by atoms with Gasteiger partial charge in [0.1, 0.15) is 6.04 Å². The first kappa shape index (κ1) is 17.5. The van der Waals surface area contributed by atoms with E-state index in [-0.39, 0.29) is 23.9 Å². The minimum atomic E-state index is -0.600. The van der Waals surface area contributed by atoms with Gasteiger partial charge in [-0.2, -0.15) is 0 Å². The van der Waals surface area contributed by atoms with Gasteiger partial charge in [-0.05, 0) is 31.0 Å². The first-order valence-electron chi connectivity index (χ1n) is 8.06. The van der Waals surface area contributed by atoms with E-state index in [0.717, 1.165) is 4.47 Å². The molecule has 132 valence electrons. The molecule has 0 radical (unpaired) electrons. The van der Waals surface area contributed by atoms with Crippen molar-refractivity contribution < 1.29 is 14.4 Å². The molecule has 0 spiro atoms. The van der Waals surface area contributed by atoms with E-state index in [1.54, 1.807) is 29.2 Å². The van der Waals surface area contributed by atoms with Crippen LogP contribution < -0.4 is 16.0 Å². The van der Waals surface area contributed by atoms with Gasteiger partial charge in [0.25, 0.3) is 5.91 Å². The maximum absolute atomic E-state index is 12.8. The molecule has 3 rings (SSSR count). The fraction of sp³-hybridized carbons (Fsp3) is 0.353. The van der Waals surface area contributed by atoms with Crippen molar-refractivity contribution in [2.24, 2.45) is 0 Å². The summed E-state index contributed by atoms with van der Waals surface area (Å²) in [6.07, 6.45) is 2.57. The monoisotopic (exact) mass is 406 g/mol. The standard InChI is InChI=1S/C17H19BrN4O3/c1-2-6-19-17(25)20-11-5-7-22-14(9-11)15(23)21-13-4-3-10(18)8-12(13)16(22)24/h2-4,8,11,14H,1,5-7,9H2,(H,21,23)(H2,19,20,25). The summed E-state index contributed by atoms with van der Waals surface area (Å²) in [5.74, 6) is -0.401. The molecule has 0 aliphatic carbocycles. The maximum atomic E-state index is 12.8. The highest BCUT2D eigenvalue weighted by Gasteiger charge is 2.40. The van der Waals surface area contributed by atoms with E-state index in [2.05, 4.69) is 38.5 Å². The minimum absolute atomic E-state index is 0.169. The highest BCUT2D eigenvalue weighted by atomic mass is 79.9. The molecule has 2 heterocycles. The molecule has 7 nitrogen and oxygen atoms in total. The number of halogens is 1. The third-order valence-corrected chi connectivity index (χ3v) is 4.87. The second kappa shape index (κ2) is 7.26. The fourth-order valence-electron chi connectivity index (χ4n) is 3.16. The lowest BCUT2D eigenvalue weighted by Crippen LogP contribution is -2.56. The van der Waals surface area contributed by atoms with Crippen molar-refractivity contribution in [2.45, 2.75) is 24.9 Å². The molecule has 1 aromatic rings. The van der Waals surface area contributed by atoms with Gasteiger partial charge in [0.15, 0.2) is 0 Å². The summed E-state index contributed by atoms with van der Waals surface area (Å²) in [6, 6.07) is 4.14. The van der Waals surface area contributed by atoms with Gasteiger partial charge in [0.05, 0.1) is 11.3 Å². The van der Waals surface area contributed by atoms with Crippen LogP contribution in [0, 0.1) is 0 Å². The number of carbonyl (C=O) groups is 3. The predicted molar refractivity (Wildman–Crippen MR) is 97.3 cm³/mol. The van der Waals surface area contributed by atoms with Crippen molar-refractivity contribution in [3.8, 4) is 0 Å². The number of carbonyl (C=O) groups excluding carboxylic acids is 3. The molecule has 4 amide bonds. The Kier molecular flexibility index (Phi) is 5.08. The lowest BCUT2D eigenvalue weighted by molar-refractivity contribution is -0.121. The van der Waals surface area contributed by atoms with Crippen molar-refractivity contribution in [1.82, 2.24) is 15.5 Å². The number of anilines is 1. The second-order valence-corrected chi connectivity index (χ2v) is 6.97. The van der Waals surface area contributed by atoms with Crippen LogP contribution in [-0.2, 0) is 4.79 Å². The molecule has 2 aliphatic heterocycles. The average molecular weight is 407 g/mol. The summed E-state index contributed by atoms with van der Waals surface area (Å²) >= 11 is 3.36. The minimum Gasteiger partial charge on any atom is -0.335 e. The van der Waals surface area contributed by atoms with Crippen molar-refractivity contribution in [2.75, 3.05) is 18.4 Å². The number of amides is 4. The van der Waals surface area contributed by atoms with E-state index in [4.69, 9.17) is 0 Å². The number of benzene rings is 1. The van der Waals surface area contributed by atoms with Gasteiger partial charge in [0, 0.05) is 23.6 Å². The molecule has 0 aromatic heterocycles. The number of fused-ring (bicyclic) bond motifs is 2. The molecule has 0 bridgehead atoms. The summed E-state index contributed by atoms with van der Waals surface area (Å²) in [6.45, 7) is 4.33. The molecule has 25 heavy (non-hydrogen) atoms. The van der Waals surface area contributed by atoms with Crippen LogP contribution in [0.2, 0.25) is 0 Å². The summed E-state index contributed by atoms with van der Waals surface area (Å²) in [7, 11) is 0. The number of nitrogens with zero attached hydrogens (tertiary/aromatic N) is 1. The van der Waals surface area contributed by atoms with Crippen molar-refractivity contribution in [3.05, 3.63) is 40.9 Å². The quantitative estimate of drug-likeness (QED) is 0.669. The Morgan fingerprint density at radius 1 is 1.44 bits per heavy atom. The van der Waals surface area contributed by atoms with Crippen LogP contribution in [0.5, 0.6) is 0 Å². The molecule has 0 saturated carbocycles. The fourth-order valence-corrected chi connectivity index (χ4v) is 3.52. The number of hydrogen-bond donors (Lipinski definition) is 3. The van der Waals surface area contributed by atoms with E-state index in [0.29, 0.717) is 37.2 Å². The van der Waals surface area contributed by atoms with E-state index >= 15 is 0 Å². The van der Waals surface area contributed by atoms with Crippen LogP contribution in [0.25, 0.3) is 0 Å². The molecule has 1 saturated heterocycles. The summed E-state index contributed by atoms with van der Waals surface area (Å²) < 4.78 is 0.780. The predicted octanol–water partition coefficient (Wildman–Crippen LogP) is 1.86. The summed E-state index contributed by atoms with van der Waals surface area (Å²) in [5.41, 5.74) is 0.987. The number of piperidine rings is 1. The zero-order valence-corrected chi connectivity index (χ0v) is 15.1.